The maximum atomic E-state index is 13.1. The molecule has 0 aliphatic carbocycles. The topological polar surface area (TPSA) is 89.9 Å². The van der Waals surface area contributed by atoms with Gasteiger partial charge in [0.05, 0.1) is 36.6 Å². The quantitative estimate of drug-likeness (QED) is 0.643. The maximum absolute atomic E-state index is 13.1. The number of nitrogens with zero attached hydrogens (tertiary/aromatic N) is 2. The zero-order valence-electron chi connectivity index (χ0n) is 17.9. The normalized spacial score (nSPS) is 13.7. The highest BCUT2D eigenvalue weighted by molar-refractivity contribution is 6.06. The maximum Gasteiger partial charge on any atom is 0.254 e. The molecule has 0 bridgehead atoms. The van der Waals surface area contributed by atoms with Crippen LogP contribution in [-0.4, -0.2) is 54.2 Å². The molecule has 0 radical (unpaired) electrons. The lowest BCUT2D eigenvalue weighted by atomic mass is 10.1. The summed E-state index contributed by atoms with van der Waals surface area (Å²) in [6, 6.07) is 15.6. The van der Waals surface area contributed by atoms with Gasteiger partial charge in [-0.25, -0.2) is 0 Å². The number of aromatic nitrogens is 1. The van der Waals surface area contributed by atoms with E-state index in [1.165, 1.54) is 10.6 Å². The van der Waals surface area contributed by atoms with Gasteiger partial charge in [-0.2, -0.15) is 0 Å². The molecule has 1 saturated heterocycles. The van der Waals surface area contributed by atoms with Crippen LogP contribution in [-0.2, 0) is 16.1 Å². The summed E-state index contributed by atoms with van der Waals surface area (Å²) in [5.41, 5.74) is 1.00. The number of carbonyl (C=O) groups is 2. The average molecular weight is 435 g/mol. The Bertz CT molecular complexity index is 1200. The minimum atomic E-state index is -0.409. The fraction of sp³-hybridized carbons (Fsp3) is 0.292. The van der Waals surface area contributed by atoms with Gasteiger partial charge >= 0.3 is 0 Å². The lowest BCUT2D eigenvalue weighted by molar-refractivity contribution is -0.116. The first kappa shape index (κ1) is 21.6. The number of para-hydroxylation sites is 3. The van der Waals surface area contributed by atoms with Crippen molar-refractivity contribution >= 4 is 28.4 Å². The van der Waals surface area contributed by atoms with Gasteiger partial charge in [0, 0.05) is 24.5 Å². The van der Waals surface area contributed by atoms with Crippen LogP contribution in [0.4, 0.5) is 5.69 Å². The Morgan fingerprint density at radius 1 is 1.06 bits per heavy atom. The van der Waals surface area contributed by atoms with Crippen molar-refractivity contribution in [2.75, 3.05) is 38.2 Å². The number of pyridine rings is 1. The molecule has 1 aromatic heterocycles. The van der Waals surface area contributed by atoms with Crippen molar-refractivity contribution in [2.45, 2.75) is 13.5 Å². The number of hydrogen-bond acceptors (Lipinski definition) is 5. The van der Waals surface area contributed by atoms with E-state index in [4.69, 9.17) is 9.47 Å². The molecule has 0 atom stereocenters. The van der Waals surface area contributed by atoms with E-state index in [1.807, 2.05) is 19.1 Å². The number of benzene rings is 2. The van der Waals surface area contributed by atoms with E-state index in [0.717, 1.165) is 0 Å². The highest BCUT2D eigenvalue weighted by Crippen LogP contribution is 2.24. The molecule has 1 aliphatic rings. The molecule has 32 heavy (non-hydrogen) atoms. The Labute approximate surface area is 185 Å². The molecule has 2 heterocycles. The molecule has 8 heteroatoms. The lowest BCUT2D eigenvalue weighted by Gasteiger charge is -2.27. The zero-order chi connectivity index (χ0) is 22.5. The lowest BCUT2D eigenvalue weighted by Crippen LogP contribution is -2.41. The van der Waals surface area contributed by atoms with E-state index >= 15 is 0 Å². The molecule has 1 N–H and O–H groups in total. The van der Waals surface area contributed by atoms with Gasteiger partial charge in [0.1, 0.15) is 12.3 Å². The Kier molecular flexibility index (Phi) is 6.51. The molecular weight excluding hydrogens is 410 g/mol. The molecule has 0 spiro atoms. The fourth-order valence-electron chi connectivity index (χ4n) is 3.80. The first-order valence-electron chi connectivity index (χ1n) is 10.6. The van der Waals surface area contributed by atoms with Crippen molar-refractivity contribution in [3.05, 3.63) is 70.5 Å². The van der Waals surface area contributed by atoms with Crippen LogP contribution in [0.3, 0.4) is 0 Å². The van der Waals surface area contributed by atoms with Gasteiger partial charge in [0.25, 0.3) is 11.5 Å². The van der Waals surface area contributed by atoms with Crippen molar-refractivity contribution in [2.24, 2.45) is 0 Å². The van der Waals surface area contributed by atoms with Gasteiger partial charge in [-0.1, -0.05) is 30.3 Å². The Morgan fingerprint density at radius 3 is 2.56 bits per heavy atom. The third-order valence-electron chi connectivity index (χ3n) is 5.31. The number of carbonyl (C=O) groups excluding carboxylic acids is 2. The molecule has 8 nitrogen and oxygen atoms in total. The number of hydrogen-bond donors (Lipinski definition) is 1. The molecule has 3 aromatic rings. The summed E-state index contributed by atoms with van der Waals surface area (Å²) < 4.78 is 12.2. The predicted molar refractivity (Wildman–Crippen MR) is 121 cm³/mol. The Morgan fingerprint density at radius 2 is 1.78 bits per heavy atom. The van der Waals surface area contributed by atoms with Crippen LogP contribution < -0.4 is 15.6 Å². The molecule has 1 aliphatic heterocycles. The minimum Gasteiger partial charge on any atom is -0.492 e. The van der Waals surface area contributed by atoms with E-state index in [2.05, 4.69) is 5.32 Å². The predicted octanol–water partition coefficient (Wildman–Crippen LogP) is 2.51. The molecule has 1 fully saturated rings. The van der Waals surface area contributed by atoms with E-state index in [-0.39, 0.29) is 18.4 Å². The zero-order valence-corrected chi connectivity index (χ0v) is 17.9. The number of fused-ring (bicyclic) bond motifs is 1. The summed E-state index contributed by atoms with van der Waals surface area (Å²) in [5.74, 6) is -0.00693. The van der Waals surface area contributed by atoms with Gasteiger partial charge in [0.2, 0.25) is 5.91 Å². The second-order valence-corrected chi connectivity index (χ2v) is 7.38. The average Bonchev–Trinajstić information content (AvgIpc) is 2.82. The van der Waals surface area contributed by atoms with Gasteiger partial charge in [-0.15, -0.1) is 0 Å². The van der Waals surface area contributed by atoms with Crippen LogP contribution in [0.2, 0.25) is 0 Å². The van der Waals surface area contributed by atoms with Crippen LogP contribution in [0.1, 0.15) is 17.3 Å². The molecule has 166 valence electrons. The third kappa shape index (κ3) is 4.50. The molecular formula is C24H25N3O5. The monoisotopic (exact) mass is 435 g/mol. The Hall–Kier alpha value is -3.65. The second kappa shape index (κ2) is 9.65. The van der Waals surface area contributed by atoms with Crippen LogP contribution in [0.25, 0.3) is 10.9 Å². The van der Waals surface area contributed by atoms with E-state index in [0.29, 0.717) is 60.8 Å². The van der Waals surface area contributed by atoms with Crippen molar-refractivity contribution in [3.8, 4) is 5.75 Å². The number of ether oxygens (including phenoxy) is 2. The molecule has 2 aromatic carbocycles. The Balaban J connectivity index is 1.64. The van der Waals surface area contributed by atoms with Crippen molar-refractivity contribution in [1.82, 2.24) is 9.47 Å². The van der Waals surface area contributed by atoms with Gasteiger partial charge in [-0.3, -0.25) is 19.0 Å². The van der Waals surface area contributed by atoms with Crippen LogP contribution >= 0.6 is 0 Å². The van der Waals surface area contributed by atoms with Crippen molar-refractivity contribution in [3.63, 3.8) is 0 Å². The summed E-state index contributed by atoms with van der Waals surface area (Å²) in [4.78, 5) is 40.5. The van der Waals surface area contributed by atoms with Gasteiger partial charge in [0.15, 0.2) is 0 Å². The van der Waals surface area contributed by atoms with Crippen LogP contribution in [0.15, 0.2) is 59.4 Å². The van der Waals surface area contributed by atoms with Gasteiger partial charge in [-0.05, 0) is 25.1 Å². The van der Waals surface area contributed by atoms with E-state index < -0.39 is 5.56 Å². The van der Waals surface area contributed by atoms with Crippen molar-refractivity contribution in [1.29, 1.82) is 0 Å². The molecule has 4 rings (SSSR count). The second-order valence-electron chi connectivity index (χ2n) is 7.38. The highest BCUT2D eigenvalue weighted by Gasteiger charge is 2.22. The summed E-state index contributed by atoms with van der Waals surface area (Å²) >= 11 is 0. The first-order valence-corrected chi connectivity index (χ1v) is 10.6. The number of rotatable bonds is 6. The molecule has 2 amide bonds. The van der Waals surface area contributed by atoms with E-state index in [9.17, 15) is 14.4 Å². The minimum absolute atomic E-state index is 0.189. The SMILES string of the molecule is CCOc1ccccc1NC(=O)Cn1c(=O)cc(C(=O)N2CCOCC2)c2ccccc21. The number of morpholine rings is 1. The molecule has 0 saturated carbocycles. The standard InChI is InChI=1S/C24H25N3O5/c1-2-32-21-10-6-4-8-19(21)25-22(28)16-27-20-9-5-3-7-17(20)18(15-23(27)29)24(30)26-11-13-31-14-12-26/h3-10,15H,2,11-14,16H2,1H3,(H,25,28). The largest absolute Gasteiger partial charge is 0.492 e. The third-order valence-corrected chi connectivity index (χ3v) is 5.31. The van der Waals surface area contributed by atoms with Crippen molar-refractivity contribution < 1.29 is 19.1 Å². The number of amides is 2. The van der Waals surface area contributed by atoms with Crippen LogP contribution in [0.5, 0.6) is 5.75 Å². The van der Waals surface area contributed by atoms with Gasteiger partial charge < -0.3 is 19.7 Å². The smallest absolute Gasteiger partial charge is 0.254 e. The fourth-order valence-corrected chi connectivity index (χ4v) is 3.80. The molecule has 0 unspecified atom stereocenters. The van der Waals surface area contributed by atoms with Crippen LogP contribution in [0, 0.1) is 0 Å². The summed E-state index contributed by atoms with van der Waals surface area (Å²) in [6.07, 6.45) is 0. The number of nitrogens with one attached hydrogen (secondary N) is 1. The highest BCUT2D eigenvalue weighted by atomic mass is 16.5. The summed E-state index contributed by atoms with van der Waals surface area (Å²) in [5, 5.41) is 3.44. The number of anilines is 1. The first-order chi connectivity index (χ1) is 15.6. The van der Waals surface area contributed by atoms with E-state index in [1.54, 1.807) is 41.3 Å². The summed E-state index contributed by atoms with van der Waals surface area (Å²) in [7, 11) is 0. The summed E-state index contributed by atoms with van der Waals surface area (Å²) in [6.45, 7) is 4.07.